The van der Waals surface area contributed by atoms with Crippen molar-refractivity contribution in [2.24, 2.45) is 5.92 Å². The van der Waals surface area contributed by atoms with Crippen LogP contribution in [-0.2, 0) is 11.0 Å². The van der Waals surface area contributed by atoms with Gasteiger partial charge in [-0.15, -0.1) is 0 Å². The molecule has 0 aliphatic heterocycles. The van der Waals surface area contributed by atoms with Gasteiger partial charge in [-0.2, -0.15) is 13.2 Å². The highest BCUT2D eigenvalue weighted by atomic mass is 32.2. The van der Waals surface area contributed by atoms with Crippen LogP contribution in [0.5, 0.6) is 0 Å². The van der Waals surface area contributed by atoms with E-state index in [1.54, 1.807) is 0 Å². The van der Waals surface area contributed by atoms with E-state index in [0.717, 1.165) is 18.7 Å². The molecule has 0 aliphatic carbocycles. The molecular formula is C13H17F3N4O2S. The first-order valence-corrected chi connectivity index (χ1v) is 7.77. The molecule has 128 valence electrons. The summed E-state index contributed by atoms with van der Waals surface area (Å²) in [6, 6.07) is 0.105. The van der Waals surface area contributed by atoms with Gasteiger partial charge in [0.15, 0.2) is 5.16 Å². The minimum Gasteiger partial charge on any atom is -0.338 e. The summed E-state index contributed by atoms with van der Waals surface area (Å²) >= 11 is 0.715. The largest absolute Gasteiger partial charge is 0.433 e. The molecule has 23 heavy (non-hydrogen) atoms. The summed E-state index contributed by atoms with van der Waals surface area (Å²) in [5, 5.41) is 4.41. The molecule has 6 nitrogen and oxygen atoms in total. The van der Waals surface area contributed by atoms with Crippen molar-refractivity contribution in [1.82, 2.24) is 20.6 Å². The molecule has 0 radical (unpaired) electrons. The number of amides is 3. The van der Waals surface area contributed by atoms with Crippen LogP contribution in [0.4, 0.5) is 18.0 Å². The second-order valence-corrected chi connectivity index (χ2v) is 5.94. The first kappa shape index (κ1) is 19.2. The molecule has 1 heterocycles. The van der Waals surface area contributed by atoms with Crippen LogP contribution in [0, 0.1) is 5.92 Å². The van der Waals surface area contributed by atoms with Crippen molar-refractivity contribution in [2.75, 3.05) is 12.3 Å². The summed E-state index contributed by atoms with van der Waals surface area (Å²) in [4.78, 5) is 29.9. The zero-order valence-corrected chi connectivity index (χ0v) is 13.4. The molecule has 1 aromatic rings. The van der Waals surface area contributed by atoms with E-state index in [4.69, 9.17) is 0 Å². The highest BCUT2D eigenvalue weighted by Gasteiger charge is 2.32. The van der Waals surface area contributed by atoms with Crippen molar-refractivity contribution in [3.8, 4) is 0 Å². The highest BCUT2D eigenvalue weighted by molar-refractivity contribution is 7.99. The molecule has 0 fully saturated rings. The Hall–Kier alpha value is -1.84. The molecule has 1 aromatic heterocycles. The summed E-state index contributed by atoms with van der Waals surface area (Å²) in [7, 11) is 0. The number of aromatic nitrogens is 2. The zero-order chi connectivity index (χ0) is 17.5. The number of urea groups is 1. The Morgan fingerprint density at radius 1 is 1.35 bits per heavy atom. The topological polar surface area (TPSA) is 84.0 Å². The van der Waals surface area contributed by atoms with E-state index in [1.165, 1.54) is 0 Å². The van der Waals surface area contributed by atoms with Gasteiger partial charge in [-0.1, -0.05) is 25.6 Å². The first-order chi connectivity index (χ1) is 10.7. The number of rotatable bonds is 6. The molecule has 0 unspecified atom stereocenters. The van der Waals surface area contributed by atoms with Crippen molar-refractivity contribution in [2.45, 2.75) is 31.6 Å². The van der Waals surface area contributed by atoms with Crippen LogP contribution in [0.25, 0.3) is 0 Å². The maximum atomic E-state index is 12.5. The second kappa shape index (κ2) is 8.70. The van der Waals surface area contributed by atoms with Crippen LogP contribution in [0.1, 0.15) is 26.0 Å². The van der Waals surface area contributed by atoms with Crippen LogP contribution in [0.3, 0.4) is 0 Å². The van der Waals surface area contributed by atoms with E-state index in [9.17, 15) is 22.8 Å². The number of alkyl halides is 3. The van der Waals surface area contributed by atoms with Gasteiger partial charge in [0.1, 0.15) is 5.69 Å². The Labute approximate surface area is 135 Å². The Kier molecular flexibility index (Phi) is 7.27. The first-order valence-electron chi connectivity index (χ1n) is 6.79. The predicted molar refractivity (Wildman–Crippen MR) is 78.8 cm³/mol. The average Bonchev–Trinajstić information content (AvgIpc) is 2.44. The Balaban J connectivity index is 2.40. The lowest BCUT2D eigenvalue weighted by molar-refractivity contribution is -0.141. The van der Waals surface area contributed by atoms with Gasteiger partial charge in [0.25, 0.3) is 0 Å². The Bertz CT molecular complexity index is 552. The predicted octanol–water partition coefficient (Wildman–Crippen LogP) is 2.46. The van der Waals surface area contributed by atoms with Gasteiger partial charge in [-0.25, -0.2) is 14.8 Å². The van der Waals surface area contributed by atoms with Crippen LogP contribution in [0.15, 0.2) is 17.4 Å². The standard InChI is InChI=1S/C13H17F3N4O2S/c1-8(2)3-5-17-11(22)20-10(21)7-23-12-18-6-4-9(19-12)13(14,15)16/h4,6,8H,3,5,7H2,1-2H3,(H2,17,20,21,22). The summed E-state index contributed by atoms with van der Waals surface area (Å²) in [5.74, 6) is -0.489. The fourth-order valence-electron chi connectivity index (χ4n) is 1.38. The number of carbonyl (C=O) groups is 2. The fraction of sp³-hybridized carbons (Fsp3) is 0.538. The molecule has 0 saturated carbocycles. The third kappa shape index (κ3) is 7.82. The van der Waals surface area contributed by atoms with E-state index in [0.29, 0.717) is 24.2 Å². The number of nitrogens with one attached hydrogen (secondary N) is 2. The number of hydrogen-bond donors (Lipinski definition) is 2. The lowest BCUT2D eigenvalue weighted by atomic mass is 10.1. The van der Waals surface area contributed by atoms with E-state index in [1.807, 2.05) is 13.8 Å². The molecule has 0 aromatic carbocycles. The molecule has 0 saturated heterocycles. The highest BCUT2D eigenvalue weighted by Crippen LogP contribution is 2.28. The van der Waals surface area contributed by atoms with Crippen molar-refractivity contribution in [3.05, 3.63) is 18.0 Å². The number of thioether (sulfide) groups is 1. The van der Waals surface area contributed by atoms with Gasteiger partial charge in [-0.05, 0) is 18.4 Å². The van der Waals surface area contributed by atoms with Gasteiger partial charge in [-0.3, -0.25) is 10.1 Å². The summed E-state index contributed by atoms with van der Waals surface area (Å²) in [6.45, 7) is 4.42. The normalized spacial score (nSPS) is 11.4. The molecule has 0 aliphatic rings. The fourth-order valence-corrected chi connectivity index (χ4v) is 2.01. The van der Waals surface area contributed by atoms with Crippen molar-refractivity contribution in [3.63, 3.8) is 0 Å². The quantitative estimate of drug-likeness (QED) is 0.608. The molecule has 0 atom stereocenters. The second-order valence-electron chi connectivity index (χ2n) is 5.00. The lowest BCUT2D eigenvalue weighted by Gasteiger charge is -2.08. The van der Waals surface area contributed by atoms with Crippen molar-refractivity contribution >= 4 is 23.7 Å². The third-order valence-corrected chi connectivity index (χ3v) is 3.38. The van der Waals surface area contributed by atoms with Crippen molar-refractivity contribution in [1.29, 1.82) is 0 Å². The van der Waals surface area contributed by atoms with E-state index < -0.39 is 23.8 Å². The monoisotopic (exact) mass is 350 g/mol. The molecule has 1 rings (SSSR count). The number of carbonyl (C=O) groups excluding carboxylic acids is 2. The van der Waals surface area contributed by atoms with Crippen molar-refractivity contribution < 1.29 is 22.8 Å². The minimum absolute atomic E-state index is 0.185. The lowest BCUT2D eigenvalue weighted by Crippen LogP contribution is -2.40. The maximum absolute atomic E-state index is 12.5. The Morgan fingerprint density at radius 3 is 2.65 bits per heavy atom. The van der Waals surface area contributed by atoms with E-state index >= 15 is 0 Å². The third-order valence-electron chi connectivity index (χ3n) is 2.52. The number of nitrogens with zero attached hydrogens (tertiary/aromatic N) is 2. The summed E-state index contributed by atoms with van der Waals surface area (Å²) in [5.41, 5.74) is -1.08. The zero-order valence-electron chi connectivity index (χ0n) is 12.6. The maximum Gasteiger partial charge on any atom is 0.433 e. The molecule has 0 spiro atoms. The SMILES string of the molecule is CC(C)CCNC(=O)NC(=O)CSc1nccc(C(F)(F)F)n1. The van der Waals surface area contributed by atoms with Crippen LogP contribution in [-0.4, -0.2) is 34.2 Å². The molecular weight excluding hydrogens is 333 g/mol. The van der Waals surface area contributed by atoms with Crippen LogP contribution >= 0.6 is 11.8 Å². The number of hydrogen-bond acceptors (Lipinski definition) is 5. The molecule has 3 amide bonds. The molecule has 0 bridgehead atoms. The van der Waals surface area contributed by atoms with E-state index in [-0.39, 0.29) is 10.9 Å². The number of imide groups is 1. The summed E-state index contributed by atoms with van der Waals surface area (Å²) < 4.78 is 37.4. The average molecular weight is 350 g/mol. The number of halogens is 3. The summed E-state index contributed by atoms with van der Waals surface area (Å²) in [6.07, 6.45) is -2.83. The minimum atomic E-state index is -4.57. The van der Waals surface area contributed by atoms with E-state index in [2.05, 4.69) is 20.6 Å². The molecule has 2 N–H and O–H groups in total. The van der Waals surface area contributed by atoms with Crippen LogP contribution < -0.4 is 10.6 Å². The van der Waals surface area contributed by atoms with Gasteiger partial charge in [0.05, 0.1) is 5.75 Å². The van der Waals surface area contributed by atoms with Gasteiger partial charge < -0.3 is 5.32 Å². The van der Waals surface area contributed by atoms with Gasteiger partial charge >= 0.3 is 12.2 Å². The van der Waals surface area contributed by atoms with Gasteiger partial charge in [0.2, 0.25) is 5.91 Å². The Morgan fingerprint density at radius 2 is 2.04 bits per heavy atom. The molecule has 10 heteroatoms. The smallest absolute Gasteiger partial charge is 0.338 e. The van der Waals surface area contributed by atoms with Crippen LogP contribution in [0.2, 0.25) is 0 Å². The van der Waals surface area contributed by atoms with Gasteiger partial charge in [0, 0.05) is 12.7 Å².